The van der Waals surface area contributed by atoms with Gasteiger partial charge in [0.25, 0.3) is 5.91 Å². The molecule has 0 bridgehead atoms. The van der Waals surface area contributed by atoms with E-state index in [1.54, 1.807) is 41.5 Å². The third-order valence-corrected chi connectivity index (χ3v) is 4.10. The van der Waals surface area contributed by atoms with Gasteiger partial charge in [-0.3, -0.25) is 9.52 Å². The van der Waals surface area contributed by atoms with Crippen molar-refractivity contribution in [3.63, 3.8) is 0 Å². The summed E-state index contributed by atoms with van der Waals surface area (Å²) in [4.78, 5) is 13.9. The highest BCUT2D eigenvalue weighted by molar-refractivity contribution is 7.92. The fourth-order valence-corrected chi connectivity index (χ4v) is 3.09. The number of nitrogens with zero attached hydrogens (tertiary/aromatic N) is 1. The molecule has 1 amide bonds. The number of carbonyl (C=O) groups excluding carboxylic acids is 1. The first kappa shape index (κ1) is 15.5. The third-order valence-electron chi connectivity index (χ3n) is 2.76. The van der Waals surface area contributed by atoms with Crippen molar-refractivity contribution in [3.05, 3.63) is 52.2 Å². The number of sulfonamides is 1. The minimum atomic E-state index is -3.35. The van der Waals surface area contributed by atoms with Crippen LogP contribution in [-0.2, 0) is 16.6 Å². The van der Waals surface area contributed by atoms with E-state index in [0.29, 0.717) is 17.8 Å². The van der Waals surface area contributed by atoms with E-state index in [4.69, 9.17) is 0 Å². The topological polar surface area (TPSA) is 66.5 Å². The Morgan fingerprint density at radius 2 is 2.10 bits per heavy atom. The fraction of sp³-hybridized carbons (Fsp3) is 0.214. The Morgan fingerprint density at radius 3 is 2.71 bits per heavy atom. The van der Waals surface area contributed by atoms with Gasteiger partial charge in [0.15, 0.2) is 0 Å². The molecule has 0 unspecified atom stereocenters. The largest absolute Gasteiger partial charge is 0.337 e. The molecule has 7 heteroatoms. The van der Waals surface area contributed by atoms with Crippen LogP contribution in [0.5, 0.6) is 0 Å². The Balaban J connectivity index is 2.13. The number of hydrogen-bond acceptors (Lipinski definition) is 4. The maximum absolute atomic E-state index is 12.3. The monoisotopic (exact) mass is 324 g/mol. The minimum Gasteiger partial charge on any atom is -0.337 e. The molecule has 112 valence electrons. The maximum Gasteiger partial charge on any atom is 0.253 e. The van der Waals surface area contributed by atoms with Gasteiger partial charge in [-0.05, 0) is 40.6 Å². The number of nitrogens with one attached hydrogen (secondary N) is 1. The zero-order chi connectivity index (χ0) is 15.5. The molecule has 2 aromatic rings. The number of benzene rings is 1. The van der Waals surface area contributed by atoms with E-state index in [0.717, 1.165) is 11.8 Å². The first-order valence-electron chi connectivity index (χ1n) is 6.19. The molecule has 1 aromatic carbocycles. The Labute approximate surface area is 128 Å². The van der Waals surface area contributed by atoms with Gasteiger partial charge in [0.1, 0.15) is 0 Å². The van der Waals surface area contributed by atoms with Crippen molar-refractivity contribution in [1.29, 1.82) is 0 Å². The van der Waals surface area contributed by atoms with Crippen LogP contribution in [0, 0.1) is 0 Å². The molecule has 0 aliphatic heterocycles. The van der Waals surface area contributed by atoms with Crippen LogP contribution >= 0.6 is 11.3 Å². The third kappa shape index (κ3) is 4.57. The summed E-state index contributed by atoms with van der Waals surface area (Å²) in [5.74, 6) is -0.154. The highest BCUT2D eigenvalue weighted by Gasteiger charge is 2.13. The molecular weight excluding hydrogens is 308 g/mol. The molecule has 0 spiro atoms. The van der Waals surface area contributed by atoms with E-state index in [1.807, 2.05) is 16.8 Å². The van der Waals surface area contributed by atoms with Crippen molar-refractivity contribution >= 4 is 33.0 Å². The van der Waals surface area contributed by atoms with Crippen molar-refractivity contribution in [2.45, 2.75) is 6.54 Å². The normalized spacial score (nSPS) is 11.1. The highest BCUT2D eigenvalue weighted by Crippen LogP contribution is 2.15. The molecule has 0 saturated heterocycles. The number of amides is 1. The fourth-order valence-electron chi connectivity index (χ4n) is 1.88. The summed E-state index contributed by atoms with van der Waals surface area (Å²) in [6, 6.07) is 8.43. The summed E-state index contributed by atoms with van der Waals surface area (Å²) in [6.45, 7) is 0.520. The van der Waals surface area contributed by atoms with Gasteiger partial charge in [-0.1, -0.05) is 6.07 Å². The molecule has 0 radical (unpaired) electrons. The van der Waals surface area contributed by atoms with E-state index in [-0.39, 0.29) is 5.91 Å². The van der Waals surface area contributed by atoms with Gasteiger partial charge < -0.3 is 4.90 Å². The molecular formula is C14H16N2O3S2. The van der Waals surface area contributed by atoms with E-state index in [1.165, 1.54) is 6.07 Å². The van der Waals surface area contributed by atoms with Crippen molar-refractivity contribution in [2.75, 3.05) is 18.0 Å². The van der Waals surface area contributed by atoms with Crippen molar-refractivity contribution in [2.24, 2.45) is 0 Å². The molecule has 5 nitrogen and oxygen atoms in total. The van der Waals surface area contributed by atoms with Crippen LogP contribution in [0.3, 0.4) is 0 Å². The van der Waals surface area contributed by atoms with Crippen molar-refractivity contribution in [1.82, 2.24) is 4.90 Å². The van der Waals surface area contributed by atoms with Crippen LogP contribution in [0.15, 0.2) is 41.1 Å². The van der Waals surface area contributed by atoms with Crippen LogP contribution in [0.25, 0.3) is 0 Å². The van der Waals surface area contributed by atoms with E-state index >= 15 is 0 Å². The Hall–Kier alpha value is -1.86. The predicted molar refractivity (Wildman–Crippen MR) is 85.0 cm³/mol. The first-order chi connectivity index (χ1) is 9.85. The van der Waals surface area contributed by atoms with Gasteiger partial charge in [-0.15, -0.1) is 0 Å². The number of anilines is 1. The summed E-state index contributed by atoms with van der Waals surface area (Å²) in [7, 11) is -1.64. The lowest BCUT2D eigenvalue weighted by Crippen LogP contribution is -2.26. The standard InChI is InChI=1S/C14H16N2O3S2/c1-16(9-11-6-7-20-10-11)14(17)12-4-3-5-13(8-12)15-21(2,18)19/h3-8,10,15H,9H2,1-2H3. The number of rotatable bonds is 5. The average molecular weight is 324 g/mol. The summed E-state index contributed by atoms with van der Waals surface area (Å²) in [5, 5.41) is 3.95. The van der Waals surface area contributed by atoms with Crippen LogP contribution in [-0.4, -0.2) is 32.5 Å². The molecule has 0 aliphatic rings. The van der Waals surface area contributed by atoms with Crippen LogP contribution in [0.4, 0.5) is 5.69 Å². The second-order valence-corrected chi connectivity index (χ2v) is 7.28. The summed E-state index contributed by atoms with van der Waals surface area (Å²) in [6.07, 6.45) is 1.07. The van der Waals surface area contributed by atoms with Crippen LogP contribution in [0.1, 0.15) is 15.9 Å². The lowest BCUT2D eigenvalue weighted by Gasteiger charge is -2.17. The van der Waals surface area contributed by atoms with Gasteiger partial charge >= 0.3 is 0 Å². The molecule has 0 atom stereocenters. The molecule has 2 rings (SSSR count). The second-order valence-electron chi connectivity index (χ2n) is 4.75. The number of thiophene rings is 1. The predicted octanol–water partition coefficient (Wildman–Crippen LogP) is 2.39. The Kier molecular flexibility index (Phi) is 4.64. The zero-order valence-electron chi connectivity index (χ0n) is 11.7. The van der Waals surface area contributed by atoms with Crippen LogP contribution in [0.2, 0.25) is 0 Å². The van der Waals surface area contributed by atoms with Gasteiger partial charge in [0.05, 0.1) is 6.26 Å². The van der Waals surface area contributed by atoms with E-state index in [9.17, 15) is 13.2 Å². The average Bonchev–Trinajstić information content (AvgIpc) is 2.89. The molecule has 1 aromatic heterocycles. The van der Waals surface area contributed by atoms with Gasteiger partial charge in [0.2, 0.25) is 10.0 Å². The molecule has 0 aliphatic carbocycles. The summed E-state index contributed by atoms with van der Waals surface area (Å²) >= 11 is 1.58. The molecule has 0 fully saturated rings. The first-order valence-corrected chi connectivity index (χ1v) is 9.03. The minimum absolute atomic E-state index is 0.154. The molecule has 1 heterocycles. The Bertz CT molecular complexity index is 724. The second kappa shape index (κ2) is 6.28. The Morgan fingerprint density at radius 1 is 1.33 bits per heavy atom. The molecule has 1 N–H and O–H groups in total. The van der Waals surface area contributed by atoms with Crippen LogP contribution < -0.4 is 4.72 Å². The van der Waals surface area contributed by atoms with Gasteiger partial charge in [-0.2, -0.15) is 11.3 Å². The van der Waals surface area contributed by atoms with Gasteiger partial charge in [-0.25, -0.2) is 8.42 Å². The summed E-state index contributed by atoms with van der Waals surface area (Å²) < 4.78 is 24.8. The quantitative estimate of drug-likeness (QED) is 0.918. The zero-order valence-corrected chi connectivity index (χ0v) is 13.4. The number of carbonyl (C=O) groups is 1. The number of hydrogen-bond donors (Lipinski definition) is 1. The lowest BCUT2D eigenvalue weighted by molar-refractivity contribution is 0.0785. The SMILES string of the molecule is CN(Cc1ccsc1)C(=O)c1cccc(NS(C)(=O)=O)c1. The smallest absolute Gasteiger partial charge is 0.253 e. The molecule has 21 heavy (non-hydrogen) atoms. The van der Waals surface area contributed by atoms with E-state index in [2.05, 4.69) is 4.72 Å². The lowest BCUT2D eigenvalue weighted by atomic mass is 10.1. The van der Waals surface area contributed by atoms with Gasteiger partial charge in [0, 0.05) is 24.8 Å². The maximum atomic E-state index is 12.3. The summed E-state index contributed by atoms with van der Waals surface area (Å²) in [5.41, 5.74) is 1.90. The van der Waals surface area contributed by atoms with E-state index < -0.39 is 10.0 Å². The van der Waals surface area contributed by atoms with Crippen molar-refractivity contribution < 1.29 is 13.2 Å². The molecule has 0 saturated carbocycles. The van der Waals surface area contributed by atoms with Crippen molar-refractivity contribution in [3.8, 4) is 0 Å². The highest BCUT2D eigenvalue weighted by atomic mass is 32.2.